The average Bonchev–Trinajstić information content (AvgIpc) is 3.81. The number of fused-ring (bicyclic) bond motifs is 2. The first-order valence-corrected chi connectivity index (χ1v) is 14.9. The van der Waals surface area contributed by atoms with Crippen LogP contribution in [0, 0.1) is 0 Å². The highest BCUT2D eigenvalue weighted by Crippen LogP contribution is 2.48. The minimum atomic E-state index is -5.54. The Kier molecular flexibility index (Phi) is 8.40. The van der Waals surface area contributed by atoms with Crippen molar-refractivity contribution < 1.29 is 59.3 Å². The maximum atomic E-state index is 14.8. The van der Waals surface area contributed by atoms with Crippen LogP contribution in [0.25, 0.3) is 22.2 Å². The fourth-order valence-corrected chi connectivity index (χ4v) is 5.40. The molecule has 2 aromatic carbocycles. The zero-order chi connectivity index (χ0) is 36.4. The number of nitrogens with two attached hydrogens (primary N) is 1. The van der Waals surface area contributed by atoms with E-state index in [1.165, 1.54) is 13.0 Å². The molecular formula is C33H26F8N4O5. The number of alkyl halides is 8. The quantitative estimate of drug-likeness (QED) is 0.179. The molecule has 2 atom stereocenters. The van der Waals surface area contributed by atoms with Crippen molar-refractivity contribution >= 4 is 22.7 Å². The fraction of sp³-hybridized carbons (Fsp3) is 0.333. The molecule has 0 unspecified atom stereocenters. The topological polar surface area (TPSA) is 137 Å². The Hall–Kier alpha value is -5.06. The van der Waals surface area contributed by atoms with E-state index < -0.39 is 77.3 Å². The minimum Gasteiger partial charge on any atom is -0.489 e. The van der Waals surface area contributed by atoms with E-state index in [9.17, 15) is 49.8 Å². The van der Waals surface area contributed by atoms with Crippen LogP contribution in [0.3, 0.4) is 0 Å². The smallest absolute Gasteiger partial charge is 0.424 e. The first kappa shape index (κ1) is 34.8. The number of carbonyl (C=O) groups is 2. The molecule has 1 fully saturated rings. The van der Waals surface area contributed by atoms with Crippen molar-refractivity contribution in [2.24, 2.45) is 5.73 Å². The average molecular weight is 711 g/mol. The van der Waals surface area contributed by atoms with Crippen molar-refractivity contribution in [2.75, 3.05) is 13.2 Å². The number of amides is 2. The highest BCUT2D eigenvalue weighted by atomic mass is 19.4. The highest BCUT2D eigenvalue weighted by Gasteiger charge is 2.58. The van der Waals surface area contributed by atoms with Crippen molar-refractivity contribution in [2.45, 2.75) is 55.7 Å². The van der Waals surface area contributed by atoms with Gasteiger partial charge in [0.25, 0.3) is 12.3 Å². The number of hydrogen-bond donors (Lipinski definition) is 3. The predicted molar refractivity (Wildman–Crippen MR) is 159 cm³/mol. The summed E-state index contributed by atoms with van der Waals surface area (Å²) in [5.41, 5.74) is -3.74. The predicted octanol–water partition coefficient (Wildman–Crippen LogP) is 6.11. The summed E-state index contributed by atoms with van der Waals surface area (Å²) in [5, 5.41) is 13.4. The monoisotopic (exact) mass is 710 g/mol. The second-order valence-electron chi connectivity index (χ2n) is 12.3. The summed E-state index contributed by atoms with van der Waals surface area (Å²) in [4.78, 5) is 33.8. The van der Waals surface area contributed by atoms with Crippen LogP contribution < -0.4 is 20.5 Å². The van der Waals surface area contributed by atoms with Gasteiger partial charge in [0.15, 0.2) is 0 Å². The van der Waals surface area contributed by atoms with Crippen LogP contribution in [0.15, 0.2) is 54.7 Å². The maximum Gasteiger partial charge on any atom is 0.424 e. The first-order valence-electron chi connectivity index (χ1n) is 14.9. The standard InChI is InChI=1S/C33H26F8N4O5/c1-30(29(42)47)14-49-26-21(30)11-23(45-25(26)15-2-4-19(5-3-15)32(36,37)38)31(48,33(39,40)41)13-44-28(46)17-8-16-9-18(27(34)35)12-43-24(16)22(10-17)50-20-6-7-20/h2-5,8-12,20,27,48H,6-7,13-14H2,1H3,(H2,42,47)(H,44,46)/t30-,31-/m0/s1. The van der Waals surface area contributed by atoms with Crippen molar-refractivity contribution in [3.8, 4) is 22.8 Å². The van der Waals surface area contributed by atoms with E-state index in [2.05, 4.69) is 9.97 Å². The number of pyridine rings is 2. The van der Waals surface area contributed by atoms with Gasteiger partial charge in [-0.25, -0.2) is 13.8 Å². The Morgan fingerprint density at radius 3 is 2.34 bits per heavy atom. The second kappa shape index (κ2) is 12.1. The van der Waals surface area contributed by atoms with Crippen molar-refractivity contribution in [3.05, 3.63) is 82.7 Å². The lowest BCUT2D eigenvalue weighted by Crippen LogP contribution is -2.51. The minimum absolute atomic E-state index is 0.0364. The molecule has 17 heteroatoms. The van der Waals surface area contributed by atoms with Gasteiger partial charge in [-0.05, 0) is 56.2 Å². The van der Waals surface area contributed by atoms with Crippen LogP contribution in [0.5, 0.6) is 11.5 Å². The van der Waals surface area contributed by atoms with Crippen molar-refractivity contribution in [1.82, 2.24) is 15.3 Å². The molecule has 0 radical (unpaired) electrons. The third kappa shape index (κ3) is 6.25. The number of carbonyl (C=O) groups excluding carboxylic acids is 2. The second-order valence-corrected chi connectivity index (χ2v) is 12.3. The van der Waals surface area contributed by atoms with Crippen LogP contribution in [0.2, 0.25) is 0 Å². The van der Waals surface area contributed by atoms with Gasteiger partial charge in [-0.3, -0.25) is 14.6 Å². The molecule has 4 aromatic rings. The molecule has 9 nitrogen and oxygen atoms in total. The molecular weight excluding hydrogens is 684 g/mol. The van der Waals surface area contributed by atoms with Gasteiger partial charge in [-0.2, -0.15) is 26.3 Å². The van der Waals surface area contributed by atoms with Crippen LogP contribution >= 0.6 is 0 Å². The molecule has 6 rings (SSSR count). The molecule has 264 valence electrons. The Balaban J connectivity index is 1.41. The molecule has 0 spiro atoms. The molecule has 2 amide bonds. The molecule has 1 aliphatic carbocycles. The summed E-state index contributed by atoms with van der Waals surface area (Å²) < 4.78 is 122. The molecule has 0 saturated heterocycles. The number of benzene rings is 2. The van der Waals surface area contributed by atoms with Gasteiger partial charge in [0.1, 0.15) is 34.7 Å². The summed E-state index contributed by atoms with van der Waals surface area (Å²) in [6.45, 7) is -0.730. The highest BCUT2D eigenvalue weighted by molar-refractivity contribution is 6.00. The number of rotatable bonds is 9. The van der Waals surface area contributed by atoms with Gasteiger partial charge in [-0.15, -0.1) is 0 Å². The Morgan fingerprint density at radius 2 is 1.76 bits per heavy atom. The number of nitrogens with one attached hydrogen (secondary N) is 1. The summed E-state index contributed by atoms with van der Waals surface area (Å²) in [6.07, 6.45) is -11.1. The number of aromatic nitrogens is 2. The molecule has 3 heterocycles. The van der Waals surface area contributed by atoms with Gasteiger partial charge in [0, 0.05) is 33.8 Å². The molecule has 0 bridgehead atoms. The van der Waals surface area contributed by atoms with Crippen molar-refractivity contribution in [3.63, 3.8) is 0 Å². The summed E-state index contributed by atoms with van der Waals surface area (Å²) in [5.74, 6) is -2.37. The lowest BCUT2D eigenvalue weighted by atomic mass is 9.81. The summed E-state index contributed by atoms with van der Waals surface area (Å²) in [7, 11) is 0. The van der Waals surface area contributed by atoms with E-state index in [0.29, 0.717) is 25.0 Å². The largest absolute Gasteiger partial charge is 0.489 e. The Bertz CT molecular complexity index is 2000. The summed E-state index contributed by atoms with van der Waals surface area (Å²) >= 11 is 0. The molecule has 1 saturated carbocycles. The number of ether oxygens (including phenoxy) is 2. The van der Waals surface area contributed by atoms with Crippen LogP contribution in [0.4, 0.5) is 35.1 Å². The van der Waals surface area contributed by atoms with E-state index in [1.807, 2.05) is 5.32 Å². The van der Waals surface area contributed by atoms with Gasteiger partial charge >= 0.3 is 12.4 Å². The first-order chi connectivity index (χ1) is 23.3. The summed E-state index contributed by atoms with van der Waals surface area (Å²) in [6, 6.07) is 7.31. The number of aliphatic hydroxyl groups is 1. The number of nitrogens with zero attached hydrogens (tertiary/aromatic N) is 2. The van der Waals surface area contributed by atoms with E-state index >= 15 is 0 Å². The Labute approximate surface area is 277 Å². The lowest BCUT2D eigenvalue weighted by molar-refractivity contribution is -0.265. The van der Waals surface area contributed by atoms with Gasteiger partial charge in [0.2, 0.25) is 11.5 Å². The van der Waals surface area contributed by atoms with Gasteiger partial charge < -0.3 is 25.6 Å². The van der Waals surface area contributed by atoms with Gasteiger partial charge in [-0.1, -0.05) is 12.1 Å². The van der Waals surface area contributed by atoms with E-state index in [-0.39, 0.29) is 45.2 Å². The van der Waals surface area contributed by atoms with E-state index in [4.69, 9.17) is 15.2 Å². The number of halogens is 8. The molecule has 2 aromatic heterocycles. The third-order valence-electron chi connectivity index (χ3n) is 8.60. The number of hydrogen-bond acceptors (Lipinski definition) is 7. The van der Waals surface area contributed by atoms with E-state index in [0.717, 1.165) is 36.5 Å². The third-order valence-corrected chi connectivity index (χ3v) is 8.60. The van der Waals surface area contributed by atoms with Crippen LogP contribution in [-0.4, -0.2) is 52.3 Å². The number of primary amides is 1. The Morgan fingerprint density at radius 1 is 1.08 bits per heavy atom. The normalized spacial score (nSPS) is 18.8. The maximum absolute atomic E-state index is 14.8. The fourth-order valence-electron chi connectivity index (χ4n) is 5.40. The molecule has 2 aliphatic rings. The SMILES string of the molecule is C[C@]1(C(N)=O)COc2c1cc([C@@](O)(CNC(=O)c1cc(OC3CC3)c3ncc(C(F)F)cc3c1)C(F)(F)F)nc2-c1ccc(C(F)(F)F)cc1. The molecule has 4 N–H and O–H groups in total. The zero-order valence-corrected chi connectivity index (χ0v) is 25.8. The van der Waals surface area contributed by atoms with E-state index in [1.54, 1.807) is 0 Å². The van der Waals surface area contributed by atoms with Crippen LogP contribution in [-0.2, 0) is 22.0 Å². The van der Waals surface area contributed by atoms with Crippen molar-refractivity contribution in [1.29, 1.82) is 0 Å². The zero-order valence-electron chi connectivity index (χ0n) is 25.8. The van der Waals surface area contributed by atoms with Crippen LogP contribution in [0.1, 0.15) is 58.9 Å². The van der Waals surface area contributed by atoms with Gasteiger partial charge in [0.05, 0.1) is 23.9 Å². The molecule has 50 heavy (non-hydrogen) atoms. The molecule has 1 aliphatic heterocycles. The lowest BCUT2D eigenvalue weighted by Gasteiger charge is -2.31.